The Morgan fingerprint density at radius 1 is 1.20 bits per heavy atom. The molecule has 2 unspecified atom stereocenters. The van der Waals surface area contributed by atoms with Gasteiger partial charge in [0.05, 0.1) is 16.4 Å². The van der Waals surface area contributed by atoms with E-state index in [4.69, 9.17) is 33.1 Å². The highest BCUT2D eigenvalue weighted by atomic mass is 35.5. The molecule has 11 heteroatoms. The highest BCUT2D eigenvalue weighted by Crippen LogP contribution is 2.53. The van der Waals surface area contributed by atoms with Gasteiger partial charge in [-0.25, -0.2) is 9.78 Å². The zero-order chi connectivity index (χ0) is 21.8. The smallest absolute Gasteiger partial charge is 0.436 e. The van der Waals surface area contributed by atoms with Crippen molar-refractivity contribution in [3.05, 3.63) is 62.6 Å². The second-order valence-electron chi connectivity index (χ2n) is 6.72. The Kier molecular flexibility index (Phi) is 4.95. The molecule has 1 N–H and O–H groups in total. The molecule has 0 spiro atoms. The summed E-state index contributed by atoms with van der Waals surface area (Å²) < 4.78 is 42.9. The van der Waals surface area contributed by atoms with Gasteiger partial charge in [-0.1, -0.05) is 35.3 Å². The van der Waals surface area contributed by atoms with Gasteiger partial charge >= 0.3 is 12.1 Å². The predicted octanol–water partition coefficient (Wildman–Crippen LogP) is 6.13. The first-order valence-electron chi connectivity index (χ1n) is 8.45. The molecule has 2 aromatic heterocycles. The molecule has 0 saturated carbocycles. The van der Waals surface area contributed by atoms with Crippen molar-refractivity contribution in [1.82, 2.24) is 4.98 Å². The number of benzene rings is 1. The first-order chi connectivity index (χ1) is 14.0. The number of hydrogen-bond donors (Lipinski definition) is 1. The molecule has 1 aliphatic rings. The number of aromatic nitrogens is 1. The quantitative estimate of drug-likeness (QED) is 0.495. The van der Waals surface area contributed by atoms with Crippen LogP contribution in [-0.2, 0) is 10.4 Å². The number of pyridine rings is 1. The summed E-state index contributed by atoms with van der Waals surface area (Å²) in [6.45, 7) is 1.36. The SMILES string of the molecule is CC1C(c2cc3cc(C(=O)O)cnc3s2)=NOC1(c1cc(Cl)cc(Cl)c1)C(F)(F)F. The molecule has 0 saturated heterocycles. The summed E-state index contributed by atoms with van der Waals surface area (Å²) in [5, 5.41) is 13.4. The average Bonchev–Trinajstić information content (AvgIpc) is 3.20. The van der Waals surface area contributed by atoms with E-state index in [0.29, 0.717) is 15.1 Å². The maximum atomic E-state index is 14.3. The van der Waals surface area contributed by atoms with E-state index in [1.807, 2.05) is 0 Å². The van der Waals surface area contributed by atoms with Gasteiger partial charge in [0.1, 0.15) is 10.5 Å². The Bertz CT molecular complexity index is 1190. The lowest BCUT2D eigenvalue weighted by molar-refractivity contribution is -0.287. The topological polar surface area (TPSA) is 71.8 Å². The lowest BCUT2D eigenvalue weighted by Crippen LogP contribution is -2.48. The van der Waals surface area contributed by atoms with Gasteiger partial charge in [-0.05, 0) is 30.3 Å². The van der Waals surface area contributed by atoms with Gasteiger partial charge in [-0.15, -0.1) is 11.3 Å². The van der Waals surface area contributed by atoms with Gasteiger partial charge in [-0.3, -0.25) is 0 Å². The van der Waals surface area contributed by atoms with Crippen molar-refractivity contribution in [3.63, 3.8) is 0 Å². The Morgan fingerprint density at radius 3 is 2.47 bits per heavy atom. The number of halogens is 5. The largest absolute Gasteiger partial charge is 0.478 e. The molecular weight excluding hydrogens is 464 g/mol. The fraction of sp³-hybridized carbons (Fsp3) is 0.211. The summed E-state index contributed by atoms with van der Waals surface area (Å²) in [5.41, 5.74) is -2.98. The van der Waals surface area contributed by atoms with Crippen molar-refractivity contribution >= 4 is 56.4 Å². The fourth-order valence-corrected chi connectivity index (χ4v) is 5.02. The molecule has 0 bridgehead atoms. The maximum absolute atomic E-state index is 14.3. The molecule has 0 aliphatic carbocycles. The lowest BCUT2D eigenvalue weighted by atomic mass is 9.79. The van der Waals surface area contributed by atoms with Crippen LogP contribution in [0.2, 0.25) is 10.0 Å². The van der Waals surface area contributed by atoms with Gasteiger partial charge in [0.25, 0.3) is 5.60 Å². The number of hydrogen-bond acceptors (Lipinski definition) is 5. The van der Waals surface area contributed by atoms with Gasteiger partial charge in [0.2, 0.25) is 0 Å². The van der Waals surface area contributed by atoms with Crippen LogP contribution in [0.25, 0.3) is 10.2 Å². The highest BCUT2D eigenvalue weighted by molar-refractivity contribution is 7.20. The number of aromatic carboxylic acids is 1. The second kappa shape index (κ2) is 7.11. The van der Waals surface area contributed by atoms with E-state index in [2.05, 4.69) is 10.1 Å². The number of nitrogens with zero attached hydrogens (tertiary/aromatic N) is 2. The van der Waals surface area contributed by atoms with Crippen molar-refractivity contribution in [2.24, 2.45) is 11.1 Å². The number of carboxylic acid groups (broad SMARTS) is 1. The molecule has 0 fully saturated rings. The van der Waals surface area contributed by atoms with E-state index < -0.39 is 23.7 Å². The third kappa shape index (κ3) is 3.21. The zero-order valence-electron chi connectivity index (χ0n) is 15.0. The van der Waals surface area contributed by atoms with Crippen molar-refractivity contribution in [2.45, 2.75) is 18.7 Å². The van der Waals surface area contributed by atoms with Crippen molar-refractivity contribution < 1.29 is 27.9 Å². The summed E-state index contributed by atoms with van der Waals surface area (Å²) >= 11 is 13.0. The molecule has 3 heterocycles. The minimum absolute atomic E-state index is 0.0253. The molecule has 4 rings (SSSR count). The van der Waals surface area contributed by atoms with Crippen LogP contribution >= 0.6 is 34.5 Å². The molecular formula is C19H11Cl2F3N2O3S. The zero-order valence-corrected chi connectivity index (χ0v) is 17.3. The summed E-state index contributed by atoms with van der Waals surface area (Å²) in [6.07, 6.45) is -3.63. The summed E-state index contributed by atoms with van der Waals surface area (Å²) in [7, 11) is 0. The Hall–Kier alpha value is -2.36. The number of carboxylic acids is 1. The van der Waals surface area contributed by atoms with E-state index in [0.717, 1.165) is 23.5 Å². The van der Waals surface area contributed by atoms with Gasteiger partial charge in [0, 0.05) is 27.2 Å². The Morgan fingerprint density at radius 2 is 1.87 bits per heavy atom. The highest BCUT2D eigenvalue weighted by Gasteiger charge is 2.66. The molecule has 30 heavy (non-hydrogen) atoms. The van der Waals surface area contributed by atoms with Crippen LogP contribution in [0.15, 0.2) is 41.7 Å². The Balaban J connectivity index is 1.81. The molecule has 1 aliphatic heterocycles. The van der Waals surface area contributed by atoms with Gasteiger partial charge in [0.15, 0.2) is 0 Å². The number of carbonyl (C=O) groups is 1. The minimum Gasteiger partial charge on any atom is -0.478 e. The monoisotopic (exact) mass is 474 g/mol. The van der Waals surface area contributed by atoms with Crippen LogP contribution in [-0.4, -0.2) is 27.9 Å². The maximum Gasteiger partial charge on any atom is 0.436 e. The number of thiophene rings is 1. The van der Waals surface area contributed by atoms with E-state index >= 15 is 0 Å². The van der Waals surface area contributed by atoms with Crippen LogP contribution in [0.3, 0.4) is 0 Å². The van der Waals surface area contributed by atoms with E-state index in [1.54, 1.807) is 6.07 Å². The molecule has 0 amide bonds. The first kappa shape index (κ1) is 20.9. The molecule has 5 nitrogen and oxygen atoms in total. The number of rotatable bonds is 3. The average molecular weight is 475 g/mol. The predicted molar refractivity (Wildman–Crippen MR) is 108 cm³/mol. The van der Waals surface area contributed by atoms with Crippen molar-refractivity contribution in [2.75, 3.05) is 0 Å². The molecule has 2 atom stereocenters. The van der Waals surface area contributed by atoms with Crippen LogP contribution in [0, 0.1) is 5.92 Å². The molecule has 3 aromatic rings. The van der Waals surface area contributed by atoms with E-state index in [9.17, 15) is 18.0 Å². The number of oxime groups is 1. The van der Waals surface area contributed by atoms with Gasteiger partial charge < -0.3 is 9.94 Å². The van der Waals surface area contributed by atoms with E-state index in [1.165, 1.54) is 25.3 Å². The van der Waals surface area contributed by atoms with Gasteiger partial charge in [-0.2, -0.15) is 13.2 Å². The van der Waals surface area contributed by atoms with Crippen LogP contribution in [0.4, 0.5) is 13.2 Å². The summed E-state index contributed by atoms with van der Waals surface area (Å²) in [5.74, 6) is -2.39. The third-order valence-corrected chi connectivity index (χ3v) is 6.41. The third-order valence-electron chi connectivity index (χ3n) is 4.89. The molecule has 0 radical (unpaired) electrons. The first-order valence-corrected chi connectivity index (χ1v) is 10.0. The summed E-state index contributed by atoms with van der Waals surface area (Å²) in [6, 6.07) is 6.59. The normalized spacial score (nSPS) is 21.5. The minimum atomic E-state index is -4.82. The second-order valence-corrected chi connectivity index (χ2v) is 8.62. The fourth-order valence-electron chi connectivity index (χ4n) is 3.44. The van der Waals surface area contributed by atoms with Crippen LogP contribution in [0.5, 0.6) is 0 Å². The molecule has 156 valence electrons. The lowest BCUT2D eigenvalue weighted by Gasteiger charge is -2.33. The van der Waals surface area contributed by atoms with Crippen LogP contribution < -0.4 is 0 Å². The molecule has 1 aromatic carbocycles. The van der Waals surface area contributed by atoms with Crippen LogP contribution in [0.1, 0.15) is 27.7 Å². The Labute approximate surface area is 181 Å². The standard InChI is InChI=1S/C19H11Cl2F3N2O3S/c1-8-15(14-3-9-2-10(17(27)28)7-25-16(9)30-14)26-29-18(8,19(22,23)24)11-4-12(20)6-13(21)5-11/h2-8H,1H3,(H,27,28). The van der Waals surface area contributed by atoms with Crippen molar-refractivity contribution in [3.8, 4) is 0 Å². The van der Waals surface area contributed by atoms with Crippen molar-refractivity contribution in [1.29, 1.82) is 0 Å². The number of alkyl halides is 3. The van der Waals surface area contributed by atoms with E-state index in [-0.39, 0.29) is 26.9 Å². The summed E-state index contributed by atoms with van der Waals surface area (Å²) in [4.78, 5) is 21.2. The number of fused-ring (bicyclic) bond motifs is 1.